The maximum atomic E-state index is 12.3. The lowest BCUT2D eigenvalue weighted by molar-refractivity contribution is -0.140. The van der Waals surface area contributed by atoms with Crippen molar-refractivity contribution in [1.82, 2.24) is 4.90 Å². The lowest BCUT2D eigenvalue weighted by atomic mass is 10.1. The van der Waals surface area contributed by atoms with Crippen molar-refractivity contribution in [1.29, 1.82) is 0 Å². The van der Waals surface area contributed by atoms with Gasteiger partial charge in [0.15, 0.2) is 0 Å². The van der Waals surface area contributed by atoms with Crippen LogP contribution in [0.2, 0.25) is 5.02 Å². The SMILES string of the molecule is CSCC[C@@H](N)C(=O)N1CCOC(c2ccc(Cl)cc2)C1. The van der Waals surface area contributed by atoms with Gasteiger partial charge >= 0.3 is 0 Å². The van der Waals surface area contributed by atoms with Crippen molar-refractivity contribution < 1.29 is 9.53 Å². The third kappa shape index (κ3) is 4.61. The second-order valence-corrected chi connectivity index (χ2v) is 6.51. The molecule has 2 N–H and O–H groups in total. The van der Waals surface area contributed by atoms with Gasteiger partial charge in [0.05, 0.1) is 19.2 Å². The Kier molecular flexibility index (Phi) is 6.36. The Balaban J connectivity index is 1.97. The first-order valence-corrected chi connectivity index (χ1v) is 8.79. The molecule has 6 heteroatoms. The minimum Gasteiger partial charge on any atom is -0.370 e. The van der Waals surface area contributed by atoms with Gasteiger partial charge < -0.3 is 15.4 Å². The smallest absolute Gasteiger partial charge is 0.239 e. The number of thioether (sulfide) groups is 1. The van der Waals surface area contributed by atoms with Crippen LogP contribution in [0.1, 0.15) is 18.1 Å². The number of nitrogens with zero attached hydrogens (tertiary/aromatic N) is 1. The van der Waals surface area contributed by atoms with Crippen LogP contribution in [0.25, 0.3) is 0 Å². The number of amides is 1. The van der Waals surface area contributed by atoms with E-state index in [1.165, 1.54) is 0 Å². The van der Waals surface area contributed by atoms with Gasteiger partial charge in [0.2, 0.25) is 5.91 Å². The van der Waals surface area contributed by atoms with E-state index < -0.39 is 6.04 Å². The molecule has 21 heavy (non-hydrogen) atoms. The largest absolute Gasteiger partial charge is 0.370 e. The molecule has 1 heterocycles. The molecule has 116 valence electrons. The molecule has 1 aromatic rings. The van der Waals surface area contributed by atoms with Crippen LogP contribution in [-0.4, -0.2) is 48.6 Å². The van der Waals surface area contributed by atoms with Crippen LogP contribution in [0, 0.1) is 0 Å². The van der Waals surface area contributed by atoms with Gasteiger partial charge in [-0.25, -0.2) is 0 Å². The molecule has 1 aliphatic rings. The summed E-state index contributed by atoms with van der Waals surface area (Å²) in [5.41, 5.74) is 7.01. The molecule has 1 unspecified atom stereocenters. The maximum Gasteiger partial charge on any atom is 0.239 e. The third-order valence-corrected chi connectivity index (χ3v) is 4.47. The van der Waals surface area contributed by atoms with Crippen molar-refractivity contribution in [3.63, 3.8) is 0 Å². The highest BCUT2D eigenvalue weighted by atomic mass is 35.5. The second kappa shape index (κ2) is 8.03. The molecule has 0 radical (unpaired) electrons. The minimum atomic E-state index is -0.415. The normalized spacial score (nSPS) is 20.3. The summed E-state index contributed by atoms with van der Waals surface area (Å²) in [5, 5.41) is 0.696. The molecule has 2 rings (SSSR count). The predicted octanol–water partition coefficient (Wildman–Crippen LogP) is 2.32. The summed E-state index contributed by atoms with van der Waals surface area (Å²) >= 11 is 7.60. The van der Waals surface area contributed by atoms with Crippen molar-refractivity contribution in [2.75, 3.05) is 31.7 Å². The topological polar surface area (TPSA) is 55.6 Å². The Bertz CT molecular complexity index is 469. The van der Waals surface area contributed by atoms with Gasteiger partial charge in [0, 0.05) is 11.6 Å². The van der Waals surface area contributed by atoms with Crippen LogP contribution >= 0.6 is 23.4 Å². The summed E-state index contributed by atoms with van der Waals surface area (Å²) in [5.74, 6) is 0.920. The van der Waals surface area contributed by atoms with Gasteiger partial charge in [-0.05, 0) is 36.1 Å². The van der Waals surface area contributed by atoms with Gasteiger partial charge in [0.1, 0.15) is 6.10 Å². The predicted molar refractivity (Wildman–Crippen MR) is 87.7 cm³/mol. The van der Waals surface area contributed by atoms with Crippen LogP contribution < -0.4 is 5.73 Å². The summed E-state index contributed by atoms with van der Waals surface area (Å²) in [6, 6.07) is 7.14. The molecule has 1 aromatic carbocycles. The molecule has 1 aliphatic heterocycles. The summed E-state index contributed by atoms with van der Waals surface area (Å²) < 4.78 is 5.76. The number of nitrogens with two attached hydrogens (primary N) is 1. The lowest BCUT2D eigenvalue weighted by Crippen LogP contribution is -2.49. The van der Waals surface area contributed by atoms with E-state index in [0.717, 1.165) is 11.3 Å². The summed E-state index contributed by atoms with van der Waals surface area (Å²) in [6.07, 6.45) is 2.62. The number of halogens is 1. The first-order valence-electron chi connectivity index (χ1n) is 7.02. The van der Waals surface area contributed by atoms with Crippen molar-refractivity contribution in [3.8, 4) is 0 Å². The molecule has 0 aromatic heterocycles. The first-order chi connectivity index (χ1) is 10.1. The number of hydrogen-bond donors (Lipinski definition) is 1. The number of carbonyl (C=O) groups is 1. The van der Waals surface area contributed by atoms with Crippen LogP contribution in [0.4, 0.5) is 0 Å². The second-order valence-electron chi connectivity index (χ2n) is 5.08. The van der Waals surface area contributed by atoms with Crippen LogP contribution in [0.15, 0.2) is 24.3 Å². The molecule has 1 amide bonds. The van der Waals surface area contributed by atoms with E-state index >= 15 is 0 Å². The fraction of sp³-hybridized carbons (Fsp3) is 0.533. The van der Waals surface area contributed by atoms with E-state index in [4.69, 9.17) is 22.1 Å². The van der Waals surface area contributed by atoms with Crippen molar-refractivity contribution >= 4 is 29.3 Å². The molecule has 0 spiro atoms. The van der Waals surface area contributed by atoms with E-state index in [-0.39, 0.29) is 12.0 Å². The van der Waals surface area contributed by atoms with Gasteiger partial charge in [-0.1, -0.05) is 23.7 Å². The number of carbonyl (C=O) groups excluding carboxylic acids is 1. The zero-order valence-electron chi connectivity index (χ0n) is 12.1. The molecule has 1 saturated heterocycles. The third-order valence-electron chi connectivity index (χ3n) is 3.57. The van der Waals surface area contributed by atoms with Gasteiger partial charge in [-0.15, -0.1) is 0 Å². The molecule has 0 aliphatic carbocycles. The van der Waals surface area contributed by atoms with Gasteiger partial charge in [-0.3, -0.25) is 4.79 Å². The van der Waals surface area contributed by atoms with Crippen molar-refractivity contribution in [2.45, 2.75) is 18.6 Å². The molecule has 0 saturated carbocycles. The highest BCUT2D eigenvalue weighted by Crippen LogP contribution is 2.24. The molecule has 2 atom stereocenters. The van der Waals surface area contributed by atoms with Gasteiger partial charge in [-0.2, -0.15) is 11.8 Å². The Hall–Kier alpha value is -0.750. The Morgan fingerprint density at radius 1 is 1.52 bits per heavy atom. The standard InChI is InChI=1S/C15H21ClN2O2S/c1-21-9-6-13(17)15(19)18-7-8-20-14(10-18)11-2-4-12(16)5-3-11/h2-5,13-14H,6-10,17H2,1H3/t13-,14?/m1/s1. The van der Waals surface area contributed by atoms with Crippen LogP contribution in [-0.2, 0) is 9.53 Å². The average Bonchev–Trinajstić information content (AvgIpc) is 2.52. The first kappa shape index (κ1) is 16.6. The van der Waals surface area contributed by atoms with Crippen molar-refractivity contribution in [2.24, 2.45) is 5.73 Å². The summed E-state index contributed by atoms with van der Waals surface area (Å²) in [6.45, 7) is 1.69. The van der Waals surface area contributed by atoms with E-state index in [2.05, 4.69) is 0 Å². The highest BCUT2D eigenvalue weighted by molar-refractivity contribution is 7.98. The van der Waals surface area contributed by atoms with E-state index in [1.807, 2.05) is 35.4 Å². The molecular formula is C15H21ClN2O2S. The monoisotopic (exact) mass is 328 g/mol. The average molecular weight is 329 g/mol. The Morgan fingerprint density at radius 2 is 2.24 bits per heavy atom. The fourth-order valence-electron chi connectivity index (χ4n) is 2.33. The maximum absolute atomic E-state index is 12.3. The molecule has 1 fully saturated rings. The number of ether oxygens (including phenoxy) is 1. The van der Waals surface area contributed by atoms with E-state index in [1.54, 1.807) is 11.8 Å². The highest BCUT2D eigenvalue weighted by Gasteiger charge is 2.28. The van der Waals surface area contributed by atoms with Crippen LogP contribution in [0.5, 0.6) is 0 Å². The quantitative estimate of drug-likeness (QED) is 0.901. The van der Waals surface area contributed by atoms with E-state index in [0.29, 0.717) is 31.1 Å². The summed E-state index contributed by atoms with van der Waals surface area (Å²) in [7, 11) is 0. The molecule has 0 bridgehead atoms. The Morgan fingerprint density at radius 3 is 2.90 bits per heavy atom. The number of rotatable bonds is 5. The van der Waals surface area contributed by atoms with Crippen molar-refractivity contribution in [3.05, 3.63) is 34.9 Å². The fourth-order valence-corrected chi connectivity index (χ4v) is 2.95. The zero-order chi connectivity index (χ0) is 15.2. The number of morpholine rings is 1. The summed E-state index contributed by atoms with van der Waals surface area (Å²) in [4.78, 5) is 14.2. The van der Waals surface area contributed by atoms with E-state index in [9.17, 15) is 4.79 Å². The lowest BCUT2D eigenvalue weighted by Gasteiger charge is -2.34. The minimum absolute atomic E-state index is 0.0197. The number of benzene rings is 1. The Labute approximate surface area is 135 Å². The zero-order valence-corrected chi connectivity index (χ0v) is 13.7. The van der Waals surface area contributed by atoms with Gasteiger partial charge in [0.25, 0.3) is 0 Å². The molecular weight excluding hydrogens is 308 g/mol. The molecule has 4 nitrogen and oxygen atoms in total. The van der Waals surface area contributed by atoms with Crippen LogP contribution in [0.3, 0.4) is 0 Å². The number of hydrogen-bond acceptors (Lipinski definition) is 4.